The first-order valence-corrected chi connectivity index (χ1v) is 4.86. The number of anilines is 1. The highest BCUT2D eigenvalue weighted by Gasteiger charge is 2.00. The summed E-state index contributed by atoms with van der Waals surface area (Å²) in [5, 5.41) is 7.73. The molecule has 0 unspecified atom stereocenters. The number of para-hydroxylation sites is 1. The maximum Gasteiger partial charge on any atom is 0.0598 e. The second kappa shape index (κ2) is 4.15. The van der Waals surface area contributed by atoms with Crippen LogP contribution in [0.15, 0.2) is 30.5 Å². The molecule has 0 saturated carbocycles. The average Bonchev–Trinajstić information content (AvgIpc) is 2.63. The maximum absolute atomic E-state index is 3.37. The van der Waals surface area contributed by atoms with Crippen molar-refractivity contribution in [1.82, 2.24) is 10.3 Å². The standard InChI is InChI=1S/C11H15N3/c1-12-6-7-13-11-8-14-10-5-3-2-4-9(10)11/h2-5,8,12-14H,6-7H2,1H3. The van der Waals surface area contributed by atoms with Crippen molar-refractivity contribution in [3.8, 4) is 0 Å². The summed E-state index contributed by atoms with van der Waals surface area (Å²) in [6.07, 6.45) is 2.01. The lowest BCUT2D eigenvalue weighted by Crippen LogP contribution is -2.17. The SMILES string of the molecule is CNCCNc1c[nH]c2ccccc12. The van der Waals surface area contributed by atoms with Crippen LogP contribution in [0.2, 0.25) is 0 Å². The number of likely N-dealkylation sites (N-methyl/N-ethyl adjacent to an activating group) is 1. The van der Waals surface area contributed by atoms with Crippen LogP contribution in [-0.2, 0) is 0 Å². The fourth-order valence-electron chi connectivity index (χ4n) is 1.54. The van der Waals surface area contributed by atoms with Crippen LogP contribution in [0, 0.1) is 0 Å². The fraction of sp³-hybridized carbons (Fsp3) is 0.273. The molecule has 1 aromatic heterocycles. The Morgan fingerprint density at radius 2 is 2.07 bits per heavy atom. The molecule has 1 aromatic carbocycles. The van der Waals surface area contributed by atoms with Crippen molar-refractivity contribution in [3.63, 3.8) is 0 Å². The number of benzene rings is 1. The first kappa shape index (κ1) is 9.09. The molecule has 0 bridgehead atoms. The van der Waals surface area contributed by atoms with E-state index >= 15 is 0 Å². The van der Waals surface area contributed by atoms with Crippen molar-refractivity contribution in [2.45, 2.75) is 0 Å². The number of aromatic amines is 1. The van der Waals surface area contributed by atoms with Crippen molar-refractivity contribution in [1.29, 1.82) is 0 Å². The van der Waals surface area contributed by atoms with Crippen LogP contribution in [-0.4, -0.2) is 25.1 Å². The monoisotopic (exact) mass is 189 g/mol. The Morgan fingerprint density at radius 3 is 2.93 bits per heavy atom. The van der Waals surface area contributed by atoms with Gasteiger partial charge in [-0.2, -0.15) is 0 Å². The van der Waals surface area contributed by atoms with Gasteiger partial charge in [0.05, 0.1) is 5.69 Å². The summed E-state index contributed by atoms with van der Waals surface area (Å²) in [5.74, 6) is 0. The van der Waals surface area contributed by atoms with Crippen molar-refractivity contribution in [2.75, 3.05) is 25.5 Å². The Morgan fingerprint density at radius 1 is 1.21 bits per heavy atom. The van der Waals surface area contributed by atoms with E-state index in [0.717, 1.165) is 13.1 Å². The van der Waals surface area contributed by atoms with Gasteiger partial charge >= 0.3 is 0 Å². The Balaban J connectivity index is 2.17. The minimum Gasteiger partial charge on any atom is -0.382 e. The quantitative estimate of drug-likeness (QED) is 0.642. The van der Waals surface area contributed by atoms with Crippen LogP contribution in [0.3, 0.4) is 0 Å². The Bertz CT molecular complexity index is 406. The largest absolute Gasteiger partial charge is 0.382 e. The summed E-state index contributed by atoms with van der Waals surface area (Å²) in [5.41, 5.74) is 2.36. The second-order valence-electron chi connectivity index (χ2n) is 3.28. The van der Waals surface area contributed by atoms with E-state index in [4.69, 9.17) is 0 Å². The van der Waals surface area contributed by atoms with Crippen LogP contribution in [0.25, 0.3) is 10.9 Å². The molecule has 14 heavy (non-hydrogen) atoms. The molecule has 0 aliphatic rings. The van der Waals surface area contributed by atoms with Gasteiger partial charge in [0, 0.05) is 30.2 Å². The van der Waals surface area contributed by atoms with E-state index in [1.165, 1.54) is 16.6 Å². The van der Waals surface area contributed by atoms with Crippen LogP contribution in [0.4, 0.5) is 5.69 Å². The van der Waals surface area contributed by atoms with E-state index in [9.17, 15) is 0 Å². The number of H-pyrrole nitrogens is 1. The smallest absolute Gasteiger partial charge is 0.0598 e. The first-order valence-electron chi connectivity index (χ1n) is 4.86. The minimum atomic E-state index is 0.943. The molecule has 0 aliphatic heterocycles. The molecule has 3 N–H and O–H groups in total. The fourth-order valence-corrected chi connectivity index (χ4v) is 1.54. The van der Waals surface area contributed by atoms with Gasteiger partial charge in [-0.15, -0.1) is 0 Å². The topological polar surface area (TPSA) is 39.8 Å². The summed E-state index contributed by atoms with van der Waals surface area (Å²) in [6.45, 7) is 1.91. The van der Waals surface area contributed by atoms with Crippen molar-refractivity contribution in [3.05, 3.63) is 30.5 Å². The molecular formula is C11H15N3. The summed E-state index contributed by atoms with van der Waals surface area (Å²) in [6, 6.07) is 8.29. The highest BCUT2D eigenvalue weighted by Crippen LogP contribution is 2.21. The zero-order valence-electron chi connectivity index (χ0n) is 8.30. The lowest BCUT2D eigenvalue weighted by Gasteiger charge is -2.03. The van der Waals surface area contributed by atoms with Gasteiger partial charge in [-0.1, -0.05) is 18.2 Å². The summed E-state index contributed by atoms with van der Waals surface area (Å²) in [7, 11) is 1.96. The molecule has 3 heteroatoms. The van der Waals surface area contributed by atoms with Gasteiger partial charge in [-0.25, -0.2) is 0 Å². The second-order valence-corrected chi connectivity index (χ2v) is 3.28. The molecule has 0 amide bonds. The Hall–Kier alpha value is -1.48. The highest BCUT2D eigenvalue weighted by atomic mass is 14.9. The Kier molecular flexibility index (Phi) is 2.70. The molecule has 0 aliphatic carbocycles. The van der Waals surface area contributed by atoms with Gasteiger partial charge in [0.1, 0.15) is 0 Å². The maximum atomic E-state index is 3.37. The van der Waals surface area contributed by atoms with Gasteiger partial charge in [0.25, 0.3) is 0 Å². The number of hydrogen-bond donors (Lipinski definition) is 3. The Labute approximate surface area is 83.5 Å². The predicted molar refractivity (Wildman–Crippen MR) is 60.7 cm³/mol. The van der Waals surface area contributed by atoms with Crippen LogP contribution in [0.1, 0.15) is 0 Å². The number of aromatic nitrogens is 1. The zero-order chi connectivity index (χ0) is 9.80. The van der Waals surface area contributed by atoms with Crippen molar-refractivity contribution in [2.24, 2.45) is 0 Å². The molecule has 2 aromatic rings. The van der Waals surface area contributed by atoms with Gasteiger partial charge < -0.3 is 15.6 Å². The lowest BCUT2D eigenvalue weighted by atomic mass is 10.2. The molecule has 0 radical (unpaired) electrons. The van der Waals surface area contributed by atoms with E-state index in [1.807, 2.05) is 19.3 Å². The summed E-state index contributed by atoms with van der Waals surface area (Å²) < 4.78 is 0. The molecular weight excluding hydrogens is 174 g/mol. The normalized spacial score (nSPS) is 10.6. The van der Waals surface area contributed by atoms with E-state index in [-0.39, 0.29) is 0 Å². The molecule has 3 nitrogen and oxygen atoms in total. The molecule has 0 fully saturated rings. The number of rotatable bonds is 4. The molecule has 0 spiro atoms. The highest BCUT2D eigenvalue weighted by molar-refractivity contribution is 5.92. The molecule has 2 rings (SSSR count). The molecule has 1 heterocycles. The number of hydrogen-bond acceptors (Lipinski definition) is 2. The minimum absolute atomic E-state index is 0.943. The third-order valence-electron chi connectivity index (χ3n) is 2.28. The number of nitrogens with one attached hydrogen (secondary N) is 3. The number of fused-ring (bicyclic) bond motifs is 1. The van der Waals surface area contributed by atoms with Crippen molar-refractivity contribution >= 4 is 16.6 Å². The van der Waals surface area contributed by atoms with E-state index in [0.29, 0.717) is 0 Å². The predicted octanol–water partition coefficient (Wildman–Crippen LogP) is 1.80. The van der Waals surface area contributed by atoms with Gasteiger partial charge in [0.15, 0.2) is 0 Å². The zero-order valence-corrected chi connectivity index (χ0v) is 8.30. The molecule has 0 atom stereocenters. The lowest BCUT2D eigenvalue weighted by molar-refractivity contribution is 0.824. The third kappa shape index (κ3) is 1.72. The first-order chi connectivity index (χ1) is 6.92. The van der Waals surface area contributed by atoms with Crippen LogP contribution < -0.4 is 10.6 Å². The van der Waals surface area contributed by atoms with E-state index in [1.54, 1.807) is 0 Å². The van der Waals surface area contributed by atoms with Crippen molar-refractivity contribution < 1.29 is 0 Å². The van der Waals surface area contributed by atoms with E-state index in [2.05, 4.69) is 33.8 Å². The summed E-state index contributed by atoms with van der Waals surface area (Å²) in [4.78, 5) is 3.23. The molecule has 0 saturated heterocycles. The third-order valence-corrected chi connectivity index (χ3v) is 2.28. The van der Waals surface area contributed by atoms with Crippen LogP contribution >= 0.6 is 0 Å². The summed E-state index contributed by atoms with van der Waals surface area (Å²) >= 11 is 0. The van der Waals surface area contributed by atoms with Gasteiger partial charge in [0.2, 0.25) is 0 Å². The molecule has 74 valence electrons. The average molecular weight is 189 g/mol. The van der Waals surface area contributed by atoms with Gasteiger partial charge in [-0.3, -0.25) is 0 Å². The van der Waals surface area contributed by atoms with E-state index < -0.39 is 0 Å². The van der Waals surface area contributed by atoms with Gasteiger partial charge in [-0.05, 0) is 13.1 Å². The van der Waals surface area contributed by atoms with Crippen LogP contribution in [0.5, 0.6) is 0 Å².